The van der Waals surface area contributed by atoms with E-state index in [9.17, 15) is 28.1 Å². The third-order valence-electron chi connectivity index (χ3n) is 6.74. The molecule has 0 saturated carbocycles. The fourth-order valence-electron chi connectivity index (χ4n) is 4.30. The van der Waals surface area contributed by atoms with Gasteiger partial charge in [-0.1, -0.05) is 35.9 Å². The summed E-state index contributed by atoms with van der Waals surface area (Å²) in [6, 6.07) is 16.1. The van der Waals surface area contributed by atoms with Gasteiger partial charge in [-0.2, -0.15) is 0 Å². The van der Waals surface area contributed by atoms with Gasteiger partial charge < -0.3 is 15.0 Å². The van der Waals surface area contributed by atoms with Gasteiger partial charge in [0.1, 0.15) is 18.3 Å². The van der Waals surface area contributed by atoms with Crippen LogP contribution in [0.3, 0.4) is 0 Å². The van der Waals surface area contributed by atoms with Crippen molar-refractivity contribution < 1.29 is 27.7 Å². The van der Waals surface area contributed by atoms with Gasteiger partial charge in [0.2, 0.25) is 11.8 Å². The van der Waals surface area contributed by atoms with Crippen molar-refractivity contribution in [1.82, 2.24) is 10.2 Å². The molecule has 0 aromatic heterocycles. The molecule has 12 heteroatoms. The lowest BCUT2D eigenvalue weighted by molar-refractivity contribution is -0.385. The molecule has 0 saturated heterocycles. The summed E-state index contributed by atoms with van der Waals surface area (Å²) < 4.78 is 34.2. The number of nitro benzene ring substituents is 1. The van der Waals surface area contributed by atoms with Crippen molar-refractivity contribution >= 4 is 33.2 Å². The zero-order chi connectivity index (χ0) is 32.1. The maximum absolute atomic E-state index is 14.0. The Morgan fingerprint density at radius 3 is 2.14 bits per heavy atom. The maximum atomic E-state index is 14.0. The minimum Gasteiger partial charge on any atom is -0.497 e. The first-order valence-corrected chi connectivity index (χ1v) is 15.1. The fourth-order valence-corrected chi connectivity index (χ4v) is 5.73. The van der Waals surface area contributed by atoms with E-state index < -0.39 is 44.9 Å². The lowest BCUT2D eigenvalue weighted by Crippen LogP contribution is -2.54. The molecule has 1 atom stereocenters. The number of nitrogens with one attached hydrogen (secondary N) is 1. The number of anilines is 1. The average Bonchev–Trinajstić information content (AvgIpc) is 2.94. The summed E-state index contributed by atoms with van der Waals surface area (Å²) in [7, 11) is -3.02. The van der Waals surface area contributed by atoms with Crippen LogP contribution in [0.25, 0.3) is 0 Å². The van der Waals surface area contributed by atoms with E-state index in [1.54, 1.807) is 19.1 Å². The number of ether oxygens (including phenoxy) is 1. The number of aryl methyl sites for hydroxylation is 2. The number of methoxy groups -OCH3 is 1. The predicted octanol–water partition coefficient (Wildman–Crippen LogP) is 4.75. The molecule has 0 aliphatic rings. The highest BCUT2D eigenvalue weighted by atomic mass is 32.2. The number of hydrogen-bond donors (Lipinski definition) is 1. The Bertz CT molecular complexity index is 1580. The minimum atomic E-state index is -4.49. The van der Waals surface area contributed by atoms with Crippen LogP contribution in [0.15, 0.2) is 71.6 Å². The fraction of sp³-hybridized carbons (Fsp3) is 0.355. The second-order valence-corrected chi connectivity index (χ2v) is 13.2. The normalized spacial score (nSPS) is 12.3. The van der Waals surface area contributed by atoms with Gasteiger partial charge in [0.05, 0.1) is 22.6 Å². The summed E-state index contributed by atoms with van der Waals surface area (Å²) in [6.07, 6.45) is 0. The number of nitro groups is 1. The summed E-state index contributed by atoms with van der Waals surface area (Å²) in [6.45, 7) is 9.86. The maximum Gasteiger partial charge on any atom is 0.273 e. The molecule has 1 unspecified atom stereocenters. The third-order valence-corrected chi connectivity index (χ3v) is 8.51. The number of rotatable bonds is 11. The molecule has 0 aliphatic heterocycles. The largest absolute Gasteiger partial charge is 0.497 e. The minimum absolute atomic E-state index is 0.0460. The van der Waals surface area contributed by atoms with E-state index in [1.165, 1.54) is 43.2 Å². The highest BCUT2D eigenvalue weighted by molar-refractivity contribution is 7.92. The molecule has 0 spiro atoms. The molecule has 43 heavy (non-hydrogen) atoms. The van der Waals surface area contributed by atoms with E-state index in [-0.39, 0.29) is 22.8 Å². The Labute approximate surface area is 252 Å². The van der Waals surface area contributed by atoms with Gasteiger partial charge in [-0.15, -0.1) is 0 Å². The summed E-state index contributed by atoms with van der Waals surface area (Å²) >= 11 is 0. The Morgan fingerprint density at radius 1 is 1.00 bits per heavy atom. The van der Waals surface area contributed by atoms with Crippen LogP contribution in [-0.2, 0) is 26.2 Å². The molecule has 3 aromatic rings. The highest BCUT2D eigenvalue weighted by Gasteiger charge is 2.34. The smallest absolute Gasteiger partial charge is 0.273 e. The zero-order valence-electron chi connectivity index (χ0n) is 25.5. The lowest BCUT2D eigenvalue weighted by Gasteiger charge is -2.33. The van der Waals surface area contributed by atoms with Crippen molar-refractivity contribution in [2.24, 2.45) is 0 Å². The SMILES string of the molecule is COc1ccc(N(CC(=O)N(Cc2ccc(C)cc2)C(C)C(=O)NC(C)(C)C)S(=O)(=O)c2ccc(C)c([N+](=O)[O-])c2)cc1. The molecule has 0 fully saturated rings. The van der Waals surface area contributed by atoms with Crippen molar-refractivity contribution in [2.45, 2.75) is 64.6 Å². The molecule has 0 aliphatic carbocycles. The second kappa shape index (κ2) is 13.2. The van der Waals surface area contributed by atoms with Crippen LogP contribution in [0.2, 0.25) is 0 Å². The standard InChI is InChI=1S/C31H38N4O7S/c1-21-8-11-24(12-9-21)19-33(23(3)30(37)32-31(4,5)6)29(36)20-34(25-13-15-26(42-7)16-14-25)43(40,41)27-17-10-22(2)28(18-27)35(38)39/h8-18,23H,19-20H2,1-7H3,(H,32,37). The van der Waals surface area contributed by atoms with Crippen LogP contribution in [-0.4, -0.2) is 55.3 Å². The van der Waals surface area contributed by atoms with Gasteiger partial charge >= 0.3 is 0 Å². The first kappa shape index (κ1) is 33.1. The first-order chi connectivity index (χ1) is 20.0. The van der Waals surface area contributed by atoms with Crippen molar-refractivity contribution in [1.29, 1.82) is 0 Å². The molecule has 11 nitrogen and oxygen atoms in total. The molecule has 0 bridgehead atoms. The predicted molar refractivity (Wildman–Crippen MR) is 164 cm³/mol. The van der Waals surface area contributed by atoms with Gasteiger partial charge in [0, 0.05) is 23.7 Å². The van der Waals surface area contributed by atoms with Gasteiger partial charge in [-0.3, -0.25) is 24.0 Å². The molecule has 3 rings (SSSR count). The van der Waals surface area contributed by atoms with Crippen molar-refractivity contribution in [3.63, 3.8) is 0 Å². The Hall–Kier alpha value is -4.45. The van der Waals surface area contributed by atoms with E-state index >= 15 is 0 Å². The Balaban J connectivity index is 2.10. The van der Waals surface area contributed by atoms with Crippen LogP contribution in [0.1, 0.15) is 44.4 Å². The summed E-state index contributed by atoms with van der Waals surface area (Å²) in [5, 5.41) is 14.5. The van der Waals surface area contributed by atoms with Crippen molar-refractivity contribution in [3.8, 4) is 5.75 Å². The average molecular weight is 611 g/mol. The van der Waals surface area contributed by atoms with E-state index in [0.717, 1.165) is 21.5 Å². The number of sulfonamides is 1. The van der Waals surface area contributed by atoms with E-state index in [0.29, 0.717) is 11.3 Å². The van der Waals surface area contributed by atoms with Gasteiger partial charge in [0.25, 0.3) is 15.7 Å². The summed E-state index contributed by atoms with van der Waals surface area (Å²) in [5.41, 5.74) is 1.27. The van der Waals surface area contributed by atoms with E-state index in [2.05, 4.69) is 5.32 Å². The number of nitrogens with zero attached hydrogens (tertiary/aromatic N) is 3. The molecule has 230 valence electrons. The molecule has 3 aromatic carbocycles. The zero-order valence-corrected chi connectivity index (χ0v) is 26.3. The van der Waals surface area contributed by atoms with Crippen LogP contribution in [0.4, 0.5) is 11.4 Å². The number of carbonyl (C=O) groups excluding carboxylic acids is 2. The first-order valence-electron chi connectivity index (χ1n) is 13.6. The molecule has 2 amide bonds. The monoisotopic (exact) mass is 610 g/mol. The van der Waals surface area contributed by atoms with Crippen LogP contribution in [0.5, 0.6) is 5.75 Å². The van der Waals surface area contributed by atoms with Gasteiger partial charge in [0.15, 0.2) is 0 Å². The van der Waals surface area contributed by atoms with Crippen LogP contribution in [0, 0.1) is 24.0 Å². The number of hydrogen-bond acceptors (Lipinski definition) is 7. The molecule has 1 N–H and O–H groups in total. The number of benzene rings is 3. The lowest BCUT2D eigenvalue weighted by atomic mass is 10.1. The molecular weight excluding hydrogens is 572 g/mol. The molecular formula is C31H38N4O7S. The second-order valence-electron chi connectivity index (χ2n) is 11.3. The highest BCUT2D eigenvalue weighted by Crippen LogP contribution is 2.29. The van der Waals surface area contributed by atoms with Gasteiger partial charge in [-0.25, -0.2) is 8.42 Å². The third kappa shape index (κ3) is 8.31. The molecule has 0 radical (unpaired) electrons. The molecule has 0 heterocycles. The van der Waals surface area contributed by atoms with E-state index in [4.69, 9.17) is 4.74 Å². The topological polar surface area (TPSA) is 139 Å². The number of amides is 2. The summed E-state index contributed by atoms with van der Waals surface area (Å²) in [4.78, 5) is 39.2. The van der Waals surface area contributed by atoms with E-state index in [1.807, 2.05) is 52.0 Å². The van der Waals surface area contributed by atoms with Crippen LogP contribution >= 0.6 is 0 Å². The van der Waals surface area contributed by atoms with Crippen molar-refractivity contribution in [2.75, 3.05) is 18.0 Å². The van der Waals surface area contributed by atoms with Crippen LogP contribution < -0.4 is 14.4 Å². The van der Waals surface area contributed by atoms with Gasteiger partial charge in [-0.05, 0) is 77.4 Å². The quantitative estimate of drug-likeness (QED) is 0.244. The Morgan fingerprint density at radius 2 is 1.60 bits per heavy atom. The van der Waals surface area contributed by atoms with Crippen molar-refractivity contribution in [3.05, 3.63) is 93.5 Å². The summed E-state index contributed by atoms with van der Waals surface area (Å²) in [5.74, 6) is -0.578. The number of carbonyl (C=O) groups is 2. The Kier molecular flexibility index (Phi) is 10.2.